The summed E-state index contributed by atoms with van der Waals surface area (Å²) < 4.78 is 0. The van der Waals surface area contributed by atoms with Gasteiger partial charge >= 0.3 is 0 Å². The van der Waals surface area contributed by atoms with Crippen molar-refractivity contribution in [3.8, 4) is 22.3 Å². The average Bonchev–Trinajstić information content (AvgIpc) is 2.78. The van der Waals surface area contributed by atoms with E-state index in [4.69, 9.17) is 22.9 Å². The van der Waals surface area contributed by atoms with Gasteiger partial charge in [-0.25, -0.2) is 0 Å². The molecule has 3 aromatic carbocycles. The molecular weight excluding hydrogens is 392 g/mol. The van der Waals surface area contributed by atoms with Gasteiger partial charge in [0.1, 0.15) is 0 Å². The van der Waals surface area contributed by atoms with Gasteiger partial charge in [0.15, 0.2) is 0 Å². The van der Waals surface area contributed by atoms with E-state index in [-0.39, 0.29) is 0 Å². The Morgan fingerprint density at radius 1 is 0.469 bits per heavy atom. The maximum Gasteiger partial charge on any atom is -0.00365 e. The molecular formula is C28H38N4. The Bertz CT molecular complexity index is 970. The molecule has 170 valence electrons. The van der Waals surface area contributed by atoms with E-state index in [1.54, 1.807) is 0 Å². The van der Waals surface area contributed by atoms with E-state index >= 15 is 0 Å². The normalized spacial score (nSPS) is 11.2. The van der Waals surface area contributed by atoms with Crippen LogP contribution in [0, 0.1) is 13.8 Å². The molecule has 0 aliphatic carbocycles. The fraction of sp³-hybridized carbons (Fsp3) is 0.357. The molecule has 0 radical (unpaired) electrons. The Kier molecular flexibility index (Phi) is 8.60. The monoisotopic (exact) mass is 430 g/mol. The summed E-state index contributed by atoms with van der Waals surface area (Å²) in [6.07, 6.45) is 3.48. The average molecular weight is 431 g/mol. The van der Waals surface area contributed by atoms with Crippen LogP contribution in [0.5, 0.6) is 0 Å². The quantitative estimate of drug-likeness (QED) is 0.394. The van der Waals surface area contributed by atoms with Crippen LogP contribution in [0.3, 0.4) is 0 Å². The van der Waals surface area contributed by atoms with E-state index in [2.05, 4.69) is 62.4 Å². The van der Waals surface area contributed by atoms with E-state index in [0.717, 1.165) is 25.7 Å². The molecule has 0 heterocycles. The molecule has 0 spiro atoms. The van der Waals surface area contributed by atoms with Crippen LogP contribution in [0.1, 0.15) is 33.4 Å². The molecule has 0 saturated heterocycles. The van der Waals surface area contributed by atoms with Crippen molar-refractivity contribution in [1.29, 1.82) is 0 Å². The van der Waals surface area contributed by atoms with Crippen molar-refractivity contribution in [2.75, 3.05) is 26.2 Å². The molecule has 0 aliphatic heterocycles. The molecule has 0 bridgehead atoms. The van der Waals surface area contributed by atoms with Crippen molar-refractivity contribution in [1.82, 2.24) is 0 Å². The van der Waals surface area contributed by atoms with Gasteiger partial charge in [0.05, 0.1) is 0 Å². The lowest BCUT2D eigenvalue weighted by molar-refractivity contribution is 0.950. The van der Waals surface area contributed by atoms with E-state index in [9.17, 15) is 0 Å². The molecule has 0 aliphatic rings. The summed E-state index contributed by atoms with van der Waals surface area (Å²) in [5.41, 5.74) is 36.2. The van der Waals surface area contributed by atoms with Crippen LogP contribution in [0.2, 0.25) is 0 Å². The van der Waals surface area contributed by atoms with Gasteiger partial charge in [0.2, 0.25) is 0 Å². The summed E-state index contributed by atoms with van der Waals surface area (Å²) >= 11 is 0. The third kappa shape index (κ3) is 5.45. The number of aryl methyl sites for hydroxylation is 2. The van der Waals surface area contributed by atoms with Gasteiger partial charge < -0.3 is 22.9 Å². The predicted octanol–water partition coefficient (Wildman–Crippen LogP) is 3.64. The Labute approximate surface area is 193 Å². The Morgan fingerprint density at radius 2 is 0.844 bits per heavy atom. The van der Waals surface area contributed by atoms with Crippen molar-refractivity contribution in [3.63, 3.8) is 0 Å². The summed E-state index contributed by atoms with van der Waals surface area (Å²) in [6, 6.07) is 18.0. The van der Waals surface area contributed by atoms with Crippen molar-refractivity contribution in [2.24, 2.45) is 22.9 Å². The minimum absolute atomic E-state index is 0.635. The Morgan fingerprint density at radius 3 is 1.19 bits per heavy atom. The van der Waals surface area contributed by atoms with Gasteiger partial charge in [-0.2, -0.15) is 0 Å². The maximum absolute atomic E-state index is 5.92. The van der Waals surface area contributed by atoms with Crippen LogP contribution >= 0.6 is 0 Å². The molecule has 0 atom stereocenters. The van der Waals surface area contributed by atoms with Crippen LogP contribution in [0.15, 0.2) is 48.5 Å². The predicted molar refractivity (Wildman–Crippen MR) is 138 cm³/mol. The standard InChI is InChI=1S/C28H38N4/c1-19-15-26(28-18-22(8-12-30)4-6-24(28)10-14-32)20(2)16-25(19)27-17-21(7-11-29)3-5-23(27)9-13-31/h3-6,15-18H,7-14,29-32H2,1-2H3. The molecule has 0 aromatic heterocycles. The lowest BCUT2D eigenvalue weighted by Crippen LogP contribution is -2.07. The number of benzene rings is 3. The second-order valence-corrected chi connectivity index (χ2v) is 8.62. The van der Waals surface area contributed by atoms with E-state index < -0.39 is 0 Å². The highest BCUT2D eigenvalue weighted by Crippen LogP contribution is 2.36. The summed E-state index contributed by atoms with van der Waals surface area (Å²) in [7, 11) is 0. The lowest BCUT2D eigenvalue weighted by atomic mass is 9.86. The molecule has 32 heavy (non-hydrogen) atoms. The van der Waals surface area contributed by atoms with Crippen LogP contribution < -0.4 is 22.9 Å². The van der Waals surface area contributed by atoms with Crippen molar-refractivity contribution >= 4 is 0 Å². The van der Waals surface area contributed by atoms with Crippen molar-refractivity contribution in [2.45, 2.75) is 39.5 Å². The van der Waals surface area contributed by atoms with Gasteiger partial charge in [0, 0.05) is 0 Å². The first-order valence-corrected chi connectivity index (χ1v) is 11.7. The second kappa shape index (κ2) is 11.4. The zero-order chi connectivity index (χ0) is 23.1. The molecule has 0 fully saturated rings. The highest BCUT2D eigenvalue weighted by Gasteiger charge is 2.15. The van der Waals surface area contributed by atoms with Gasteiger partial charge in [0.25, 0.3) is 0 Å². The molecule has 0 saturated carbocycles. The van der Waals surface area contributed by atoms with Crippen molar-refractivity contribution < 1.29 is 0 Å². The first-order chi connectivity index (χ1) is 15.5. The van der Waals surface area contributed by atoms with Crippen LogP contribution in [-0.4, -0.2) is 26.2 Å². The third-order valence-electron chi connectivity index (χ3n) is 6.19. The van der Waals surface area contributed by atoms with E-state index in [1.807, 2.05) is 0 Å². The zero-order valence-corrected chi connectivity index (χ0v) is 19.6. The van der Waals surface area contributed by atoms with Gasteiger partial charge in [-0.05, 0) is 121 Å². The molecule has 8 N–H and O–H groups in total. The molecule has 3 aromatic rings. The molecule has 4 heteroatoms. The number of hydrogen-bond donors (Lipinski definition) is 4. The molecule has 3 rings (SSSR count). The van der Waals surface area contributed by atoms with Gasteiger partial charge in [-0.3, -0.25) is 0 Å². The van der Waals surface area contributed by atoms with Crippen LogP contribution in [0.25, 0.3) is 22.3 Å². The summed E-state index contributed by atoms with van der Waals surface area (Å²) in [6.45, 7) is 6.97. The fourth-order valence-electron chi connectivity index (χ4n) is 4.54. The second-order valence-electron chi connectivity index (χ2n) is 8.62. The zero-order valence-electron chi connectivity index (χ0n) is 19.6. The smallest absolute Gasteiger partial charge is 0.00365 e. The van der Waals surface area contributed by atoms with Gasteiger partial charge in [-0.1, -0.05) is 48.5 Å². The highest BCUT2D eigenvalue weighted by atomic mass is 14.5. The molecule has 0 unspecified atom stereocenters. The number of nitrogens with two attached hydrogens (primary N) is 4. The highest BCUT2D eigenvalue weighted by molar-refractivity contribution is 5.79. The van der Waals surface area contributed by atoms with Crippen molar-refractivity contribution in [3.05, 3.63) is 81.9 Å². The summed E-state index contributed by atoms with van der Waals surface area (Å²) in [4.78, 5) is 0. The maximum atomic E-state index is 5.92. The number of hydrogen-bond acceptors (Lipinski definition) is 4. The lowest BCUT2D eigenvalue weighted by Gasteiger charge is -2.19. The fourth-order valence-corrected chi connectivity index (χ4v) is 4.54. The van der Waals surface area contributed by atoms with Crippen LogP contribution in [0.4, 0.5) is 0 Å². The van der Waals surface area contributed by atoms with E-state index in [1.165, 1.54) is 55.6 Å². The summed E-state index contributed by atoms with van der Waals surface area (Å²) in [5.74, 6) is 0. The summed E-state index contributed by atoms with van der Waals surface area (Å²) in [5, 5.41) is 0. The Hall–Kier alpha value is -2.50. The minimum Gasteiger partial charge on any atom is -0.330 e. The molecule has 4 nitrogen and oxygen atoms in total. The first-order valence-electron chi connectivity index (χ1n) is 11.7. The largest absolute Gasteiger partial charge is 0.330 e. The van der Waals surface area contributed by atoms with Gasteiger partial charge in [-0.15, -0.1) is 0 Å². The number of rotatable bonds is 10. The SMILES string of the molecule is Cc1cc(-c2cc(CCN)ccc2CCN)c(C)cc1-c1cc(CCN)ccc1CCN. The minimum atomic E-state index is 0.635. The Balaban J connectivity index is 2.14. The topological polar surface area (TPSA) is 104 Å². The van der Waals surface area contributed by atoms with Crippen LogP contribution in [-0.2, 0) is 25.7 Å². The van der Waals surface area contributed by atoms with E-state index in [0.29, 0.717) is 26.2 Å². The first kappa shape index (κ1) is 24.1. The third-order valence-corrected chi connectivity index (χ3v) is 6.19. The molecule has 0 amide bonds.